The predicted octanol–water partition coefficient (Wildman–Crippen LogP) is 3.64. The predicted molar refractivity (Wildman–Crippen MR) is 83.7 cm³/mol. The summed E-state index contributed by atoms with van der Waals surface area (Å²) in [7, 11) is 0. The number of hydrogen-bond donors (Lipinski definition) is 1. The highest BCUT2D eigenvalue weighted by Crippen LogP contribution is 2.20. The molecule has 1 aromatic heterocycles. The summed E-state index contributed by atoms with van der Waals surface area (Å²) in [5.74, 6) is 0. The van der Waals surface area contributed by atoms with Gasteiger partial charge in [-0.1, -0.05) is 18.6 Å². The van der Waals surface area contributed by atoms with Crippen molar-refractivity contribution in [2.75, 3.05) is 13.1 Å². The third-order valence-corrected chi connectivity index (χ3v) is 4.08. The Morgan fingerprint density at radius 1 is 1.40 bits per heavy atom. The second-order valence-electron chi connectivity index (χ2n) is 5.50. The van der Waals surface area contributed by atoms with E-state index in [1.165, 1.54) is 22.0 Å². The molecule has 1 heterocycles. The van der Waals surface area contributed by atoms with Crippen molar-refractivity contribution in [3.8, 4) is 6.07 Å². The molecule has 1 aromatic carbocycles. The normalized spacial score (nSPS) is 12.8. The Hall–Kier alpha value is -1.79. The van der Waals surface area contributed by atoms with Crippen molar-refractivity contribution in [2.24, 2.45) is 0 Å². The maximum atomic E-state index is 8.95. The van der Waals surface area contributed by atoms with Gasteiger partial charge in [-0.3, -0.25) is 4.90 Å². The highest BCUT2D eigenvalue weighted by molar-refractivity contribution is 5.83. The highest BCUT2D eigenvalue weighted by atomic mass is 15.1. The summed E-state index contributed by atoms with van der Waals surface area (Å²) in [6, 6.07) is 9.24. The van der Waals surface area contributed by atoms with E-state index in [4.69, 9.17) is 5.26 Å². The Morgan fingerprint density at radius 3 is 2.90 bits per heavy atom. The summed E-state index contributed by atoms with van der Waals surface area (Å²) in [6.45, 7) is 7.93. The number of fused-ring (bicyclic) bond motifs is 1. The number of rotatable bonds is 6. The molecule has 1 N–H and O–H groups in total. The van der Waals surface area contributed by atoms with Gasteiger partial charge in [-0.15, -0.1) is 0 Å². The number of aromatic amines is 1. The Labute approximate surface area is 121 Å². The van der Waals surface area contributed by atoms with Crippen LogP contribution in [0.2, 0.25) is 0 Å². The second-order valence-corrected chi connectivity index (χ2v) is 5.50. The standard InChI is InChI=1S/C17H23N3/c1-4-14(3)20(10-8-18)9-7-15-12-19-17-6-5-13(2)11-16(15)17/h5-6,11-12,14,19H,4,7,9-10H2,1-3H3. The lowest BCUT2D eigenvalue weighted by molar-refractivity contribution is 0.232. The first-order valence-electron chi connectivity index (χ1n) is 7.33. The minimum atomic E-state index is 0.460. The summed E-state index contributed by atoms with van der Waals surface area (Å²) in [5, 5.41) is 10.3. The molecule has 0 radical (unpaired) electrons. The van der Waals surface area contributed by atoms with Gasteiger partial charge in [0, 0.05) is 29.7 Å². The second kappa shape index (κ2) is 6.58. The van der Waals surface area contributed by atoms with Crippen LogP contribution in [-0.2, 0) is 6.42 Å². The number of nitriles is 1. The molecule has 1 unspecified atom stereocenters. The molecule has 0 saturated heterocycles. The molecule has 106 valence electrons. The molecule has 20 heavy (non-hydrogen) atoms. The summed E-state index contributed by atoms with van der Waals surface area (Å²) in [6.07, 6.45) is 4.16. The molecule has 0 amide bonds. The first-order chi connectivity index (χ1) is 9.65. The van der Waals surface area contributed by atoms with Crippen molar-refractivity contribution in [1.82, 2.24) is 9.88 Å². The number of nitrogens with zero attached hydrogens (tertiary/aromatic N) is 2. The first kappa shape index (κ1) is 14.6. The Balaban J connectivity index is 2.11. The van der Waals surface area contributed by atoms with E-state index in [2.05, 4.69) is 61.1 Å². The van der Waals surface area contributed by atoms with E-state index >= 15 is 0 Å². The third kappa shape index (κ3) is 3.20. The van der Waals surface area contributed by atoms with Crippen molar-refractivity contribution < 1.29 is 0 Å². The van der Waals surface area contributed by atoms with Gasteiger partial charge >= 0.3 is 0 Å². The quantitative estimate of drug-likeness (QED) is 0.813. The molecule has 3 heteroatoms. The zero-order valence-corrected chi connectivity index (χ0v) is 12.6. The summed E-state index contributed by atoms with van der Waals surface area (Å²) >= 11 is 0. The molecule has 0 aliphatic heterocycles. The van der Waals surface area contributed by atoms with Crippen molar-refractivity contribution in [2.45, 2.75) is 39.7 Å². The van der Waals surface area contributed by atoms with Crippen LogP contribution in [0, 0.1) is 18.3 Å². The van der Waals surface area contributed by atoms with Gasteiger partial charge in [0.2, 0.25) is 0 Å². The Kier molecular flexibility index (Phi) is 4.81. The van der Waals surface area contributed by atoms with Crippen molar-refractivity contribution in [3.63, 3.8) is 0 Å². The number of benzene rings is 1. The fourth-order valence-electron chi connectivity index (χ4n) is 2.57. The minimum absolute atomic E-state index is 0.460. The average Bonchev–Trinajstić information content (AvgIpc) is 2.85. The first-order valence-corrected chi connectivity index (χ1v) is 7.33. The summed E-state index contributed by atoms with van der Waals surface area (Å²) in [5.41, 5.74) is 3.82. The van der Waals surface area contributed by atoms with Gasteiger partial charge in [0.25, 0.3) is 0 Å². The average molecular weight is 269 g/mol. The van der Waals surface area contributed by atoms with Crippen LogP contribution in [0.5, 0.6) is 0 Å². The van der Waals surface area contributed by atoms with E-state index in [-0.39, 0.29) is 0 Å². The lowest BCUT2D eigenvalue weighted by Crippen LogP contribution is -2.34. The summed E-state index contributed by atoms with van der Waals surface area (Å²) < 4.78 is 0. The Bertz CT molecular complexity index is 606. The zero-order valence-electron chi connectivity index (χ0n) is 12.6. The summed E-state index contributed by atoms with van der Waals surface area (Å²) in [4.78, 5) is 5.59. The molecule has 2 rings (SSSR count). The van der Waals surface area contributed by atoms with Crippen molar-refractivity contribution >= 4 is 10.9 Å². The topological polar surface area (TPSA) is 42.8 Å². The lowest BCUT2D eigenvalue weighted by atomic mass is 10.1. The smallest absolute Gasteiger partial charge is 0.0868 e. The van der Waals surface area contributed by atoms with E-state index in [0.29, 0.717) is 12.6 Å². The van der Waals surface area contributed by atoms with Gasteiger partial charge in [-0.25, -0.2) is 0 Å². The largest absolute Gasteiger partial charge is 0.361 e. The van der Waals surface area contributed by atoms with E-state index in [0.717, 1.165) is 19.4 Å². The third-order valence-electron chi connectivity index (χ3n) is 4.08. The molecule has 0 aliphatic carbocycles. The zero-order chi connectivity index (χ0) is 14.5. The fourth-order valence-corrected chi connectivity index (χ4v) is 2.57. The van der Waals surface area contributed by atoms with E-state index in [1.807, 2.05) is 0 Å². The molecular weight excluding hydrogens is 246 g/mol. The minimum Gasteiger partial charge on any atom is -0.361 e. The number of H-pyrrole nitrogens is 1. The van der Waals surface area contributed by atoms with Gasteiger partial charge in [0.1, 0.15) is 0 Å². The fraction of sp³-hybridized carbons (Fsp3) is 0.471. The van der Waals surface area contributed by atoms with Crippen LogP contribution in [0.3, 0.4) is 0 Å². The molecule has 0 spiro atoms. The monoisotopic (exact) mass is 269 g/mol. The molecule has 0 fully saturated rings. The molecule has 2 aromatic rings. The van der Waals surface area contributed by atoms with Crippen LogP contribution >= 0.6 is 0 Å². The van der Waals surface area contributed by atoms with Gasteiger partial charge in [0.15, 0.2) is 0 Å². The maximum absolute atomic E-state index is 8.95. The molecular formula is C17H23N3. The van der Waals surface area contributed by atoms with Crippen LogP contribution in [0.4, 0.5) is 0 Å². The SMILES string of the molecule is CCC(C)N(CC#N)CCc1c[nH]c2ccc(C)cc12. The van der Waals surface area contributed by atoms with E-state index in [9.17, 15) is 0 Å². The highest BCUT2D eigenvalue weighted by Gasteiger charge is 2.12. The van der Waals surface area contributed by atoms with Crippen LogP contribution in [0.25, 0.3) is 10.9 Å². The van der Waals surface area contributed by atoms with Gasteiger partial charge < -0.3 is 4.98 Å². The molecule has 0 bridgehead atoms. The number of aromatic nitrogens is 1. The van der Waals surface area contributed by atoms with Gasteiger partial charge in [0.05, 0.1) is 12.6 Å². The lowest BCUT2D eigenvalue weighted by Gasteiger charge is -2.25. The maximum Gasteiger partial charge on any atom is 0.0868 e. The molecule has 1 atom stereocenters. The van der Waals surface area contributed by atoms with Gasteiger partial charge in [-0.2, -0.15) is 5.26 Å². The van der Waals surface area contributed by atoms with Crippen molar-refractivity contribution in [1.29, 1.82) is 5.26 Å². The van der Waals surface area contributed by atoms with Crippen LogP contribution in [0.1, 0.15) is 31.4 Å². The molecule has 3 nitrogen and oxygen atoms in total. The van der Waals surface area contributed by atoms with Crippen LogP contribution in [-0.4, -0.2) is 29.0 Å². The number of hydrogen-bond acceptors (Lipinski definition) is 2. The molecule has 0 aliphatic rings. The number of aryl methyl sites for hydroxylation is 1. The van der Waals surface area contributed by atoms with E-state index in [1.54, 1.807) is 0 Å². The van der Waals surface area contributed by atoms with Crippen LogP contribution in [0.15, 0.2) is 24.4 Å². The molecule has 0 saturated carbocycles. The van der Waals surface area contributed by atoms with E-state index < -0.39 is 0 Å². The van der Waals surface area contributed by atoms with Crippen molar-refractivity contribution in [3.05, 3.63) is 35.5 Å². The van der Waals surface area contributed by atoms with Crippen LogP contribution < -0.4 is 0 Å². The number of nitrogens with one attached hydrogen (secondary N) is 1. The Morgan fingerprint density at radius 2 is 2.20 bits per heavy atom. The van der Waals surface area contributed by atoms with Gasteiger partial charge in [-0.05, 0) is 44.4 Å².